The normalized spacial score (nSPS) is 24.8. The number of hydrogen-bond donors (Lipinski definition) is 1. The van der Waals surface area contributed by atoms with Crippen molar-refractivity contribution in [2.75, 3.05) is 13.1 Å². The second-order valence-electron chi connectivity index (χ2n) is 7.19. The Morgan fingerprint density at radius 2 is 1.92 bits per heavy atom. The van der Waals surface area contributed by atoms with Crippen LogP contribution < -0.4 is 10.1 Å². The van der Waals surface area contributed by atoms with Gasteiger partial charge >= 0.3 is 5.69 Å². The lowest BCUT2D eigenvalue weighted by Gasteiger charge is -2.38. The number of nitrogens with one attached hydrogen (secondary N) is 1. The van der Waals surface area contributed by atoms with Crippen LogP contribution in [0.2, 0.25) is 0 Å². The van der Waals surface area contributed by atoms with Gasteiger partial charge in [-0.3, -0.25) is 19.8 Å². The van der Waals surface area contributed by atoms with Crippen LogP contribution in [0.4, 0.5) is 5.69 Å². The molecule has 3 rings (SSSR count). The van der Waals surface area contributed by atoms with Crippen molar-refractivity contribution in [2.45, 2.75) is 63.6 Å². The number of rotatable bonds is 6. The molecule has 1 N–H and O–H groups in total. The van der Waals surface area contributed by atoms with Gasteiger partial charge in [0.15, 0.2) is 11.9 Å². The Kier molecular flexibility index (Phi) is 6.08. The summed E-state index contributed by atoms with van der Waals surface area (Å²) in [5.41, 5.74) is -0.125. The van der Waals surface area contributed by atoms with Crippen molar-refractivity contribution in [1.29, 1.82) is 0 Å². The van der Waals surface area contributed by atoms with Gasteiger partial charge in [0, 0.05) is 18.2 Å². The van der Waals surface area contributed by atoms with Gasteiger partial charge in [-0.15, -0.1) is 0 Å². The van der Waals surface area contributed by atoms with E-state index < -0.39 is 11.0 Å². The number of nitrogens with zero attached hydrogens (tertiary/aromatic N) is 2. The van der Waals surface area contributed by atoms with Crippen LogP contribution in [0.5, 0.6) is 5.75 Å². The number of benzene rings is 1. The second kappa shape index (κ2) is 8.49. The maximum Gasteiger partial charge on any atom is 0.310 e. The predicted molar refractivity (Wildman–Crippen MR) is 98.2 cm³/mol. The molecule has 1 amide bonds. The van der Waals surface area contributed by atoms with Crippen LogP contribution in [0.1, 0.15) is 45.4 Å². The van der Waals surface area contributed by atoms with Crippen molar-refractivity contribution in [3.8, 4) is 5.75 Å². The summed E-state index contributed by atoms with van der Waals surface area (Å²) in [4.78, 5) is 25.7. The lowest BCUT2D eigenvalue weighted by Crippen LogP contribution is -2.54. The molecule has 26 heavy (non-hydrogen) atoms. The molecule has 0 aromatic heterocycles. The molecule has 3 unspecified atom stereocenters. The number of hydrogen-bond acceptors (Lipinski definition) is 5. The second-order valence-corrected chi connectivity index (χ2v) is 7.19. The van der Waals surface area contributed by atoms with Crippen molar-refractivity contribution >= 4 is 11.6 Å². The zero-order chi connectivity index (χ0) is 18.5. The van der Waals surface area contributed by atoms with E-state index in [1.807, 2.05) is 0 Å². The van der Waals surface area contributed by atoms with Gasteiger partial charge in [0.2, 0.25) is 0 Å². The molecule has 1 aromatic carbocycles. The highest BCUT2D eigenvalue weighted by Crippen LogP contribution is 2.28. The predicted octanol–water partition coefficient (Wildman–Crippen LogP) is 2.89. The third-order valence-electron chi connectivity index (χ3n) is 5.40. The Morgan fingerprint density at radius 1 is 1.23 bits per heavy atom. The number of carbonyl (C=O) groups excluding carboxylic acids is 1. The number of nitro groups is 1. The molecule has 1 aliphatic heterocycles. The van der Waals surface area contributed by atoms with Crippen molar-refractivity contribution in [3.63, 3.8) is 0 Å². The molecule has 0 radical (unpaired) electrons. The highest BCUT2D eigenvalue weighted by Gasteiger charge is 2.33. The van der Waals surface area contributed by atoms with E-state index in [1.165, 1.54) is 31.4 Å². The first kappa shape index (κ1) is 18.6. The van der Waals surface area contributed by atoms with Gasteiger partial charge in [0.25, 0.3) is 5.91 Å². The summed E-state index contributed by atoms with van der Waals surface area (Å²) in [6.45, 7) is 3.86. The lowest BCUT2D eigenvalue weighted by atomic mass is 9.89. The maximum absolute atomic E-state index is 12.6. The third-order valence-corrected chi connectivity index (χ3v) is 5.40. The van der Waals surface area contributed by atoms with Crippen LogP contribution >= 0.6 is 0 Å². The summed E-state index contributed by atoms with van der Waals surface area (Å²) in [5.74, 6) is -0.0841. The zero-order valence-corrected chi connectivity index (χ0v) is 15.2. The van der Waals surface area contributed by atoms with Gasteiger partial charge in [-0.05, 0) is 51.8 Å². The first-order valence-electron chi connectivity index (χ1n) is 9.51. The molecule has 7 nitrogen and oxygen atoms in total. The highest BCUT2D eigenvalue weighted by molar-refractivity contribution is 5.81. The summed E-state index contributed by atoms with van der Waals surface area (Å²) in [7, 11) is 0. The van der Waals surface area contributed by atoms with Crippen LogP contribution in [0.25, 0.3) is 0 Å². The van der Waals surface area contributed by atoms with Gasteiger partial charge in [0.1, 0.15) is 0 Å². The Labute approximate surface area is 153 Å². The van der Waals surface area contributed by atoms with E-state index in [1.54, 1.807) is 19.1 Å². The van der Waals surface area contributed by atoms with Gasteiger partial charge < -0.3 is 10.1 Å². The van der Waals surface area contributed by atoms with Crippen LogP contribution in [0.15, 0.2) is 24.3 Å². The van der Waals surface area contributed by atoms with Crippen molar-refractivity contribution in [1.82, 2.24) is 10.2 Å². The molecule has 2 aliphatic rings. The number of likely N-dealkylation sites (tertiary alicyclic amines) is 1. The van der Waals surface area contributed by atoms with E-state index in [4.69, 9.17) is 4.74 Å². The number of ether oxygens (including phenoxy) is 1. The van der Waals surface area contributed by atoms with Crippen molar-refractivity contribution in [3.05, 3.63) is 34.4 Å². The van der Waals surface area contributed by atoms with Gasteiger partial charge in [0.05, 0.1) is 4.92 Å². The van der Waals surface area contributed by atoms with Gasteiger partial charge in [-0.2, -0.15) is 0 Å². The number of amides is 1. The average molecular weight is 361 g/mol. The van der Waals surface area contributed by atoms with E-state index >= 15 is 0 Å². The fourth-order valence-corrected chi connectivity index (χ4v) is 4.04. The molecule has 1 aromatic rings. The first-order valence-corrected chi connectivity index (χ1v) is 9.51. The molecule has 1 aliphatic carbocycles. The molecule has 0 bridgehead atoms. The number of para-hydroxylation sites is 2. The Bertz CT molecular complexity index is 645. The van der Waals surface area contributed by atoms with Gasteiger partial charge in [-0.1, -0.05) is 25.0 Å². The zero-order valence-electron chi connectivity index (χ0n) is 15.2. The number of nitro benzene ring substituents is 1. The Balaban J connectivity index is 1.62. The van der Waals surface area contributed by atoms with E-state index in [2.05, 4.69) is 10.2 Å². The summed E-state index contributed by atoms with van der Waals surface area (Å²) < 4.78 is 5.60. The van der Waals surface area contributed by atoms with E-state index in [-0.39, 0.29) is 23.4 Å². The summed E-state index contributed by atoms with van der Waals surface area (Å²) in [6.07, 6.45) is 6.10. The van der Waals surface area contributed by atoms with E-state index in [0.717, 1.165) is 32.4 Å². The molecular weight excluding hydrogens is 334 g/mol. The molecule has 1 heterocycles. The number of carbonyl (C=O) groups is 1. The molecule has 3 atom stereocenters. The van der Waals surface area contributed by atoms with Crippen LogP contribution in [-0.2, 0) is 4.79 Å². The molecule has 1 saturated carbocycles. The molecule has 1 saturated heterocycles. The SMILES string of the molecule is CC(Oc1ccccc1[N+](=O)[O-])C(=O)NC1CCCCC1N1CCCC1. The minimum Gasteiger partial charge on any atom is -0.474 e. The maximum atomic E-state index is 12.6. The minimum atomic E-state index is -0.780. The lowest BCUT2D eigenvalue weighted by molar-refractivity contribution is -0.386. The quantitative estimate of drug-likeness (QED) is 0.622. The van der Waals surface area contributed by atoms with Crippen LogP contribution in [-0.4, -0.2) is 47.0 Å². The molecular formula is C19H27N3O4. The monoisotopic (exact) mass is 361 g/mol. The van der Waals surface area contributed by atoms with Crippen molar-refractivity contribution < 1.29 is 14.5 Å². The third kappa shape index (κ3) is 4.33. The summed E-state index contributed by atoms with van der Waals surface area (Å²) in [6, 6.07) is 6.68. The van der Waals surface area contributed by atoms with Gasteiger partial charge in [-0.25, -0.2) is 0 Å². The molecule has 2 fully saturated rings. The average Bonchev–Trinajstić information content (AvgIpc) is 3.17. The molecule has 7 heteroatoms. The fraction of sp³-hybridized carbons (Fsp3) is 0.632. The highest BCUT2D eigenvalue weighted by atomic mass is 16.6. The summed E-state index contributed by atoms with van der Waals surface area (Å²) in [5, 5.41) is 14.2. The topological polar surface area (TPSA) is 84.7 Å². The Morgan fingerprint density at radius 3 is 2.65 bits per heavy atom. The molecule has 0 spiro atoms. The van der Waals surface area contributed by atoms with Crippen LogP contribution in [0.3, 0.4) is 0 Å². The van der Waals surface area contributed by atoms with Crippen molar-refractivity contribution in [2.24, 2.45) is 0 Å². The first-order chi connectivity index (χ1) is 12.6. The standard InChI is InChI=1S/C19H27N3O4/c1-14(26-18-11-5-4-10-17(18)22(24)25)19(23)20-15-8-2-3-9-16(15)21-12-6-7-13-21/h4-5,10-11,14-16H,2-3,6-9,12-13H2,1H3,(H,20,23). The fourth-order valence-electron chi connectivity index (χ4n) is 4.04. The summed E-state index contributed by atoms with van der Waals surface area (Å²) >= 11 is 0. The largest absolute Gasteiger partial charge is 0.474 e. The van der Waals surface area contributed by atoms with E-state index in [0.29, 0.717) is 6.04 Å². The van der Waals surface area contributed by atoms with Crippen LogP contribution in [0, 0.1) is 10.1 Å². The smallest absolute Gasteiger partial charge is 0.310 e. The Hall–Kier alpha value is -2.15. The minimum absolute atomic E-state index is 0.125. The van der Waals surface area contributed by atoms with E-state index in [9.17, 15) is 14.9 Å². The molecule has 142 valence electrons.